The number of nitrogens with two attached hydrogens (primary N) is 1. The lowest BCUT2D eigenvalue weighted by Gasteiger charge is -2.11. The van der Waals surface area contributed by atoms with Crippen molar-refractivity contribution < 1.29 is 13.9 Å². The Kier molecular flexibility index (Phi) is 4.00. The number of hydrogen-bond donors (Lipinski definition) is 2. The molecule has 0 unspecified atom stereocenters. The molecule has 0 bridgehead atoms. The number of rotatable bonds is 4. The number of ether oxygens (including phenoxy) is 1. The first-order chi connectivity index (χ1) is 12.9. The number of amides is 1. The van der Waals surface area contributed by atoms with Crippen LogP contribution in [0.5, 0.6) is 5.75 Å². The molecule has 1 aromatic heterocycles. The van der Waals surface area contributed by atoms with Crippen molar-refractivity contribution >= 4 is 22.6 Å². The number of anilines is 1. The molecular formula is C21H20N2O4. The van der Waals surface area contributed by atoms with Crippen molar-refractivity contribution in [1.29, 1.82) is 0 Å². The normalized spacial score (nSPS) is 14.8. The molecule has 0 saturated heterocycles. The topological polar surface area (TPSA) is 94.6 Å². The maximum atomic E-state index is 12.6. The number of carbonyl (C=O) groups excluding carboxylic acids is 1. The third kappa shape index (κ3) is 3.08. The molecule has 1 fully saturated rings. The highest BCUT2D eigenvalue weighted by Crippen LogP contribution is 2.42. The van der Waals surface area contributed by atoms with Crippen LogP contribution in [0.1, 0.15) is 34.3 Å². The van der Waals surface area contributed by atoms with Crippen LogP contribution in [0.4, 0.5) is 5.69 Å². The summed E-state index contributed by atoms with van der Waals surface area (Å²) in [7, 11) is 1.55. The van der Waals surface area contributed by atoms with Crippen LogP contribution in [0.15, 0.2) is 51.7 Å². The van der Waals surface area contributed by atoms with E-state index in [0.29, 0.717) is 28.0 Å². The Bertz CT molecular complexity index is 1100. The van der Waals surface area contributed by atoms with Gasteiger partial charge in [0.05, 0.1) is 7.11 Å². The van der Waals surface area contributed by atoms with Gasteiger partial charge >= 0.3 is 5.63 Å². The van der Waals surface area contributed by atoms with E-state index in [9.17, 15) is 9.59 Å². The van der Waals surface area contributed by atoms with Crippen LogP contribution in [0.2, 0.25) is 0 Å². The zero-order valence-corrected chi connectivity index (χ0v) is 15.2. The minimum Gasteiger partial charge on any atom is -0.496 e. The van der Waals surface area contributed by atoms with E-state index >= 15 is 0 Å². The van der Waals surface area contributed by atoms with Crippen molar-refractivity contribution in [2.24, 2.45) is 5.73 Å². The van der Waals surface area contributed by atoms with Gasteiger partial charge in [-0.2, -0.15) is 0 Å². The molecule has 0 radical (unpaired) electrons. The highest BCUT2D eigenvalue weighted by atomic mass is 16.5. The van der Waals surface area contributed by atoms with E-state index in [4.69, 9.17) is 14.9 Å². The van der Waals surface area contributed by atoms with E-state index < -0.39 is 11.5 Å². The molecule has 27 heavy (non-hydrogen) atoms. The molecule has 3 N–H and O–H groups in total. The fourth-order valence-electron chi connectivity index (χ4n) is 3.19. The van der Waals surface area contributed by atoms with Crippen LogP contribution < -0.4 is 21.4 Å². The molecule has 6 heteroatoms. The first-order valence-corrected chi connectivity index (χ1v) is 8.73. The number of fused-ring (bicyclic) bond motifs is 1. The van der Waals surface area contributed by atoms with E-state index in [-0.39, 0.29) is 11.1 Å². The monoisotopic (exact) mass is 364 g/mol. The molecule has 0 aliphatic heterocycles. The number of nitrogens with one attached hydrogen (secondary N) is 1. The molecular weight excluding hydrogens is 344 g/mol. The minimum absolute atomic E-state index is 0.0476. The summed E-state index contributed by atoms with van der Waals surface area (Å²) in [5, 5.41) is 3.39. The van der Waals surface area contributed by atoms with Crippen LogP contribution in [0.25, 0.3) is 11.0 Å². The standard InChI is InChI=1S/C21H20N2O4/c1-12-17(26-2)8-3-13-11-16(20(25)27-18(12)13)19(24)23-15-6-4-14(5-7-15)21(22)9-10-21/h3-8,11H,9-10,22H2,1-2H3,(H,23,24). The van der Waals surface area contributed by atoms with Gasteiger partial charge in [-0.05, 0) is 55.7 Å². The average Bonchev–Trinajstić information content (AvgIpc) is 3.41. The lowest BCUT2D eigenvalue weighted by Crippen LogP contribution is -2.21. The Labute approximate surface area is 155 Å². The molecule has 1 saturated carbocycles. The lowest BCUT2D eigenvalue weighted by molar-refractivity contribution is 0.102. The highest BCUT2D eigenvalue weighted by Gasteiger charge is 2.39. The number of aryl methyl sites for hydroxylation is 1. The Morgan fingerprint density at radius 1 is 1.19 bits per heavy atom. The first-order valence-electron chi connectivity index (χ1n) is 8.73. The summed E-state index contributed by atoms with van der Waals surface area (Å²) in [6.07, 6.45) is 1.95. The van der Waals surface area contributed by atoms with Crippen molar-refractivity contribution in [1.82, 2.24) is 0 Å². The molecule has 1 aliphatic carbocycles. The predicted octanol–water partition coefficient (Wildman–Crippen LogP) is 3.31. The summed E-state index contributed by atoms with van der Waals surface area (Å²) < 4.78 is 10.6. The SMILES string of the molecule is COc1ccc2cc(C(=O)Nc3ccc(C4(N)CC4)cc3)c(=O)oc2c1C. The molecule has 2 aromatic carbocycles. The van der Waals surface area contributed by atoms with Crippen LogP contribution in [-0.4, -0.2) is 13.0 Å². The Morgan fingerprint density at radius 2 is 1.89 bits per heavy atom. The minimum atomic E-state index is -0.688. The van der Waals surface area contributed by atoms with Gasteiger partial charge < -0.3 is 20.2 Å². The van der Waals surface area contributed by atoms with E-state index in [0.717, 1.165) is 18.4 Å². The summed E-state index contributed by atoms with van der Waals surface area (Å²) in [5.74, 6) is 0.108. The molecule has 6 nitrogen and oxygen atoms in total. The van der Waals surface area contributed by atoms with Crippen LogP contribution >= 0.6 is 0 Å². The maximum Gasteiger partial charge on any atom is 0.349 e. The zero-order chi connectivity index (χ0) is 19.2. The van der Waals surface area contributed by atoms with Crippen LogP contribution in [0.3, 0.4) is 0 Å². The smallest absolute Gasteiger partial charge is 0.349 e. The number of benzene rings is 2. The third-order valence-corrected chi connectivity index (χ3v) is 5.07. The van der Waals surface area contributed by atoms with Gasteiger partial charge in [-0.15, -0.1) is 0 Å². The summed E-state index contributed by atoms with van der Waals surface area (Å²) in [6.45, 7) is 1.80. The van der Waals surface area contributed by atoms with Gasteiger partial charge in [-0.3, -0.25) is 4.79 Å². The van der Waals surface area contributed by atoms with E-state index in [1.54, 1.807) is 38.3 Å². The fraction of sp³-hybridized carbons (Fsp3) is 0.238. The first kappa shape index (κ1) is 17.3. The number of hydrogen-bond acceptors (Lipinski definition) is 5. The van der Waals surface area contributed by atoms with Gasteiger partial charge in [-0.25, -0.2) is 4.79 Å². The predicted molar refractivity (Wildman–Crippen MR) is 103 cm³/mol. The molecule has 0 atom stereocenters. The molecule has 4 rings (SSSR count). The van der Waals surface area contributed by atoms with Crippen molar-refractivity contribution in [2.75, 3.05) is 12.4 Å². The Morgan fingerprint density at radius 3 is 2.52 bits per heavy atom. The fourth-order valence-corrected chi connectivity index (χ4v) is 3.19. The van der Waals surface area contributed by atoms with Crippen molar-refractivity contribution in [3.8, 4) is 5.75 Å². The van der Waals surface area contributed by atoms with Gasteiger partial charge in [0.25, 0.3) is 5.91 Å². The zero-order valence-electron chi connectivity index (χ0n) is 15.2. The van der Waals surface area contributed by atoms with Crippen LogP contribution in [0, 0.1) is 6.92 Å². The molecule has 1 amide bonds. The lowest BCUT2D eigenvalue weighted by atomic mass is 10.1. The van der Waals surface area contributed by atoms with Crippen LogP contribution in [-0.2, 0) is 5.54 Å². The van der Waals surface area contributed by atoms with Crippen molar-refractivity contribution in [3.63, 3.8) is 0 Å². The second-order valence-electron chi connectivity index (χ2n) is 6.95. The number of methoxy groups -OCH3 is 1. The second kappa shape index (κ2) is 6.25. The molecule has 1 aliphatic rings. The van der Waals surface area contributed by atoms with Gasteiger partial charge in [-0.1, -0.05) is 12.1 Å². The second-order valence-corrected chi connectivity index (χ2v) is 6.95. The molecule has 138 valence electrons. The summed E-state index contributed by atoms with van der Waals surface area (Å²) in [4.78, 5) is 24.9. The molecule has 3 aromatic rings. The van der Waals surface area contributed by atoms with Crippen molar-refractivity contribution in [3.05, 3.63) is 69.6 Å². The number of carbonyl (C=O) groups is 1. The third-order valence-electron chi connectivity index (χ3n) is 5.07. The Balaban J connectivity index is 1.62. The van der Waals surface area contributed by atoms with Gasteiger partial charge in [0.15, 0.2) is 0 Å². The maximum absolute atomic E-state index is 12.6. The summed E-state index contributed by atoms with van der Waals surface area (Å²) in [6, 6.07) is 12.5. The molecule has 0 spiro atoms. The Hall–Kier alpha value is -3.12. The van der Waals surface area contributed by atoms with E-state index in [2.05, 4.69) is 5.32 Å². The largest absolute Gasteiger partial charge is 0.496 e. The van der Waals surface area contributed by atoms with E-state index in [1.165, 1.54) is 6.07 Å². The van der Waals surface area contributed by atoms with Gasteiger partial charge in [0.2, 0.25) is 0 Å². The van der Waals surface area contributed by atoms with E-state index in [1.807, 2.05) is 12.1 Å². The van der Waals surface area contributed by atoms with Gasteiger partial charge in [0.1, 0.15) is 16.9 Å². The highest BCUT2D eigenvalue weighted by molar-refractivity contribution is 6.05. The summed E-state index contributed by atoms with van der Waals surface area (Å²) >= 11 is 0. The molecule has 1 heterocycles. The van der Waals surface area contributed by atoms with Gasteiger partial charge in [0, 0.05) is 22.2 Å². The van der Waals surface area contributed by atoms with Crippen molar-refractivity contribution in [2.45, 2.75) is 25.3 Å². The summed E-state index contributed by atoms with van der Waals surface area (Å²) in [5.41, 5.74) is 7.98. The average molecular weight is 364 g/mol. The quantitative estimate of drug-likeness (QED) is 0.693.